The van der Waals surface area contributed by atoms with E-state index in [2.05, 4.69) is 27.9 Å². The Hall–Kier alpha value is -1.40. The molecule has 2 heterocycles. The smallest absolute Gasteiger partial charge is 0.228 e. The van der Waals surface area contributed by atoms with Gasteiger partial charge in [0.15, 0.2) is 0 Å². The van der Waals surface area contributed by atoms with E-state index < -0.39 is 0 Å². The molecule has 118 valence electrons. The number of likely N-dealkylation sites (N-methyl/N-ethyl adjacent to an activating group) is 1. The standard InChI is InChI=1S/C16H20BrN3O2/c1-18-6-8-19(9-7-18)16(22)12-10-15(21)20(11-12)14-5-3-2-4-13(14)17/h2-5,12H,6-11H2,1H3. The lowest BCUT2D eigenvalue weighted by Gasteiger charge is -2.33. The molecule has 0 N–H and O–H groups in total. The minimum Gasteiger partial charge on any atom is -0.340 e. The molecule has 1 aromatic carbocycles. The fourth-order valence-corrected chi connectivity index (χ4v) is 3.56. The second-order valence-corrected chi connectivity index (χ2v) is 6.84. The van der Waals surface area contributed by atoms with Gasteiger partial charge in [0.2, 0.25) is 11.8 Å². The third-order valence-electron chi connectivity index (χ3n) is 4.43. The average Bonchev–Trinajstić information content (AvgIpc) is 2.90. The van der Waals surface area contributed by atoms with E-state index in [1.807, 2.05) is 29.2 Å². The molecule has 1 aromatic rings. The van der Waals surface area contributed by atoms with Crippen molar-refractivity contribution in [1.82, 2.24) is 9.80 Å². The monoisotopic (exact) mass is 365 g/mol. The van der Waals surface area contributed by atoms with Crippen molar-refractivity contribution in [2.75, 3.05) is 44.7 Å². The molecular weight excluding hydrogens is 346 g/mol. The Bertz CT molecular complexity index is 585. The summed E-state index contributed by atoms with van der Waals surface area (Å²) in [6.45, 7) is 3.80. The van der Waals surface area contributed by atoms with Gasteiger partial charge in [-0.15, -0.1) is 0 Å². The number of halogens is 1. The van der Waals surface area contributed by atoms with Crippen LogP contribution in [0.15, 0.2) is 28.7 Å². The number of carbonyl (C=O) groups is 2. The number of hydrogen-bond donors (Lipinski definition) is 0. The number of amides is 2. The van der Waals surface area contributed by atoms with Gasteiger partial charge in [-0.05, 0) is 35.1 Å². The van der Waals surface area contributed by atoms with Crippen molar-refractivity contribution in [2.24, 2.45) is 5.92 Å². The number of para-hydroxylation sites is 1. The topological polar surface area (TPSA) is 43.9 Å². The van der Waals surface area contributed by atoms with Crippen molar-refractivity contribution in [2.45, 2.75) is 6.42 Å². The van der Waals surface area contributed by atoms with E-state index in [9.17, 15) is 9.59 Å². The van der Waals surface area contributed by atoms with E-state index in [0.717, 1.165) is 36.3 Å². The van der Waals surface area contributed by atoms with Gasteiger partial charge in [-0.25, -0.2) is 0 Å². The summed E-state index contributed by atoms with van der Waals surface area (Å²) in [6.07, 6.45) is 0.312. The highest BCUT2D eigenvalue weighted by atomic mass is 79.9. The quantitative estimate of drug-likeness (QED) is 0.798. The molecule has 0 spiro atoms. The van der Waals surface area contributed by atoms with Crippen LogP contribution in [0.1, 0.15) is 6.42 Å². The van der Waals surface area contributed by atoms with Crippen LogP contribution in [0.3, 0.4) is 0 Å². The maximum atomic E-state index is 12.6. The zero-order valence-electron chi connectivity index (χ0n) is 12.7. The molecule has 2 aliphatic rings. The van der Waals surface area contributed by atoms with E-state index in [0.29, 0.717) is 13.0 Å². The number of hydrogen-bond acceptors (Lipinski definition) is 3. The molecule has 2 aliphatic heterocycles. The molecule has 0 radical (unpaired) electrons. The number of benzene rings is 1. The summed E-state index contributed by atoms with van der Waals surface area (Å²) in [5.41, 5.74) is 0.848. The van der Waals surface area contributed by atoms with E-state index in [4.69, 9.17) is 0 Å². The van der Waals surface area contributed by atoms with Crippen molar-refractivity contribution in [3.05, 3.63) is 28.7 Å². The zero-order valence-corrected chi connectivity index (χ0v) is 14.3. The van der Waals surface area contributed by atoms with Crippen LogP contribution in [0.2, 0.25) is 0 Å². The molecule has 3 rings (SSSR count). The number of carbonyl (C=O) groups excluding carboxylic acids is 2. The van der Waals surface area contributed by atoms with Gasteiger partial charge in [-0.3, -0.25) is 9.59 Å². The predicted octanol–water partition coefficient (Wildman–Crippen LogP) is 1.58. The van der Waals surface area contributed by atoms with Crippen molar-refractivity contribution >= 4 is 33.4 Å². The SMILES string of the molecule is CN1CCN(C(=O)C2CC(=O)N(c3ccccc3Br)C2)CC1. The summed E-state index contributed by atoms with van der Waals surface area (Å²) in [7, 11) is 2.07. The van der Waals surface area contributed by atoms with Gasteiger partial charge in [-0.2, -0.15) is 0 Å². The molecule has 2 amide bonds. The predicted molar refractivity (Wildman–Crippen MR) is 88.7 cm³/mol. The van der Waals surface area contributed by atoms with Crippen LogP contribution in [0.4, 0.5) is 5.69 Å². The van der Waals surface area contributed by atoms with Gasteiger partial charge < -0.3 is 14.7 Å². The number of anilines is 1. The van der Waals surface area contributed by atoms with Crippen LogP contribution in [0, 0.1) is 5.92 Å². The van der Waals surface area contributed by atoms with Gasteiger partial charge in [0.05, 0.1) is 11.6 Å². The van der Waals surface area contributed by atoms with Crippen molar-refractivity contribution in [1.29, 1.82) is 0 Å². The minimum absolute atomic E-state index is 0.0272. The van der Waals surface area contributed by atoms with Crippen LogP contribution in [-0.2, 0) is 9.59 Å². The average molecular weight is 366 g/mol. The number of rotatable bonds is 2. The second kappa shape index (κ2) is 6.38. The maximum Gasteiger partial charge on any atom is 0.228 e. The Kier molecular flexibility index (Phi) is 4.49. The Morgan fingerprint density at radius 3 is 2.55 bits per heavy atom. The van der Waals surface area contributed by atoms with Crippen LogP contribution < -0.4 is 4.90 Å². The van der Waals surface area contributed by atoms with Crippen LogP contribution >= 0.6 is 15.9 Å². The largest absolute Gasteiger partial charge is 0.340 e. The number of nitrogens with zero attached hydrogens (tertiary/aromatic N) is 3. The summed E-state index contributed by atoms with van der Waals surface area (Å²) in [5, 5.41) is 0. The molecule has 6 heteroatoms. The van der Waals surface area contributed by atoms with Crippen LogP contribution in [-0.4, -0.2) is 61.4 Å². The first-order chi connectivity index (χ1) is 10.6. The molecule has 2 fully saturated rings. The Morgan fingerprint density at radius 1 is 1.18 bits per heavy atom. The lowest BCUT2D eigenvalue weighted by molar-refractivity contribution is -0.137. The molecule has 0 saturated carbocycles. The molecule has 0 aromatic heterocycles. The van der Waals surface area contributed by atoms with Gasteiger partial charge in [0.25, 0.3) is 0 Å². The molecule has 0 aliphatic carbocycles. The Labute approximate surface area is 139 Å². The fraction of sp³-hybridized carbons (Fsp3) is 0.500. The minimum atomic E-state index is -0.219. The lowest BCUT2D eigenvalue weighted by atomic mass is 10.1. The van der Waals surface area contributed by atoms with Crippen molar-refractivity contribution in [3.63, 3.8) is 0 Å². The third-order valence-corrected chi connectivity index (χ3v) is 5.10. The maximum absolute atomic E-state index is 12.6. The highest BCUT2D eigenvalue weighted by Crippen LogP contribution is 2.31. The second-order valence-electron chi connectivity index (χ2n) is 5.99. The van der Waals surface area contributed by atoms with Crippen LogP contribution in [0.25, 0.3) is 0 Å². The first-order valence-electron chi connectivity index (χ1n) is 7.58. The summed E-state index contributed by atoms with van der Waals surface area (Å²) in [5.74, 6) is -0.0709. The van der Waals surface area contributed by atoms with Gasteiger partial charge in [0.1, 0.15) is 0 Å². The van der Waals surface area contributed by atoms with Gasteiger partial charge in [-0.1, -0.05) is 12.1 Å². The number of piperazine rings is 1. The summed E-state index contributed by atoms with van der Waals surface area (Å²) < 4.78 is 0.885. The van der Waals surface area contributed by atoms with E-state index in [1.54, 1.807) is 4.90 Å². The Balaban J connectivity index is 1.69. The van der Waals surface area contributed by atoms with Gasteiger partial charge in [0, 0.05) is 43.6 Å². The molecule has 0 bridgehead atoms. The highest BCUT2D eigenvalue weighted by molar-refractivity contribution is 9.10. The van der Waals surface area contributed by atoms with Gasteiger partial charge >= 0.3 is 0 Å². The van der Waals surface area contributed by atoms with E-state index >= 15 is 0 Å². The molecule has 22 heavy (non-hydrogen) atoms. The summed E-state index contributed by atoms with van der Waals surface area (Å²) in [4.78, 5) is 30.8. The van der Waals surface area contributed by atoms with Crippen molar-refractivity contribution < 1.29 is 9.59 Å². The zero-order chi connectivity index (χ0) is 15.7. The third kappa shape index (κ3) is 3.03. The van der Waals surface area contributed by atoms with E-state index in [-0.39, 0.29) is 17.7 Å². The molecule has 1 unspecified atom stereocenters. The Morgan fingerprint density at radius 2 is 1.86 bits per heavy atom. The molecular formula is C16H20BrN3O2. The highest BCUT2D eigenvalue weighted by Gasteiger charge is 2.38. The van der Waals surface area contributed by atoms with Crippen LogP contribution in [0.5, 0.6) is 0 Å². The normalized spacial score (nSPS) is 23.2. The van der Waals surface area contributed by atoms with E-state index in [1.165, 1.54) is 0 Å². The lowest BCUT2D eigenvalue weighted by Crippen LogP contribution is -2.49. The molecule has 5 nitrogen and oxygen atoms in total. The fourth-order valence-electron chi connectivity index (χ4n) is 3.06. The summed E-state index contributed by atoms with van der Waals surface area (Å²) >= 11 is 3.48. The first-order valence-corrected chi connectivity index (χ1v) is 8.38. The van der Waals surface area contributed by atoms with Crippen molar-refractivity contribution in [3.8, 4) is 0 Å². The molecule has 2 saturated heterocycles. The molecule has 1 atom stereocenters. The summed E-state index contributed by atoms with van der Waals surface area (Å²) in [6, 6.07) is 7.65. The first kappa shape index (κ1) is 15.5.